The first kappa shape index (κ1) is 14.8. The Morgan fingerprint density at radius 2 is 1.67 bits per heavy atom. The van der Waals surface area contributed by atoms with Gasteiger partial charge in [-0.1, -0.05) is 0 Å². The molecule has 0 aliphatic rings. The molecular weight excluding hydrogens is 298 g/mol. The number of phenolic OH excluding ortho intramolecular Hbond substituents is 1. The Kier molecular flexibility index (Phi) is 3.81. The summed E-state index contributed by atoms with van der Waals surface area (Å²) in [6, 6.07) is 9.12. The molecule has 1 N–H and O–H groups in total. The third kappa shape index (κ3) is 3.48. The number of phenols is 1. The Morgan fingerprint density at radius 1 is 1.10 bits per heavy atom. The van der Waals surface area contributed by atoms with Gasteiger partial charge in [-0.2, -0.15) is 0 Å². The van der Waals surface area contributed by atoms with E-state index in [2.05, 4.69) is 0 Å². The summed E-state index contributed by atoms with van der Waals surface area (Å²) < 4.78 is 28.4. The number of nitrogens with zero attached hydrogens (tertiary/aromatic N) is 1. The molecule has 21 heavy (non-hydrogen) atoms. The molecule has 0 amide bonds. The molecule has 7 nitrogen and oxygen atoms in total. The van der Waals surface area contributed by atoms with Gasteiger partial charge in [-0.05, 0) is 24.3 Å². The van der Waals surface area contributed by atoms with E-state index in [-0.39, 0.29) is 22.1 Å². The van der Waals surface area contributed by atoms with E-state index in [0.717, 1.165) is 6.26 Å². The molecule has 0 aliphatic carbocycles. The van der Waals surface area contributed by atoms with Crippen molar-refractivity contribution in [2.75, 3.05) is 6.26 Å². The summed E-state index contributed by atoms with van der Waals surface area (Å²) in [5, 5.41) is 20.1. The zero-order valence-corrected chi connectivity index (χ0v) is 11.7. The number of hydrogen-bond acceptors (Lipinski definition) is 6. The highest BCUT2D eigenvalue weighted by atomic mass is 32.2. The fourth-order valence-corrected chi connectivity index (χ4v) is 2.41. The Hall–Kier alpha value is -2.61. The molecular formula is C13H11NO6S. The van der Waals surface area contributed by atoms with E-state index in [4.69, 9.17) is 4.74 Å². The van der Waals surface area contributed by atoms with E-state index in [1.54, 1.807) is 0 Å². The standard InChI is InChI=1S/C13H11NO6S/c1-21(18,19)13-8-11(6-7-12(13)15)20-10-4-2-9(3-5-10)14(16)17/h2-8,15H,1H3. The van der Waals surface area contributed by atoms with Crippen LogP contribution < -0.4 is 4.74 Å². The number of nitro groups is 1. The number of ether oxygens (including phenoxy) is 1. The van der Waals surface area contributed by atoms with E-state index in [0.29, 0.717) is 5.75 Å². The number of non-ortho nitro benzene ring substituents is 1. The normalized spacial score (nSPS) is 11.1. The molecule has 0 saturated heterocycles. The zero-order chi connectivity index (χ0) is 15.6. The summed E-state index contributed by atoms with van der Waals surface area (Å²) in [5.74, 6) is 0.140. The van der Waals surface area contributed by atoms with Crippen LogP contribution in [0.3, 0.4) is 0 Å². The first-order valence-electron chi connectivity index (χ1n) is 5.73. The van der Waals surface area contributed by atoms with Crippen molar-refractivity contribution in [2.45, 2.75) is 4.90 Å². The van der Waals surface area contributed by atoms with Crippen LogP contribution in [0.25, 0.3) is 0 Å². The van der Waals surface area contributed by atoms with Gasteiger partial charge in [0.25, 0.3) is 5.69 Å². The van der Waals surface area contributed by atoms with E-state index < -0.39 is 14.8 Å². The van der Waals surface area contributed by atoms with Gasteiger partial charge in [-0.3, -0.25) is 10.1 Å². The van der Waals surface area contributed by atoms with Gasteiger partial charge in [0.05, 0.1) is 4.92 Å². The lowest BCUT2D eigenvalue weighted by molar-refractivity contribution is -0.384. The second kappa shape index (κ2) is 5.41. The second-order valence-electron chi connectivity index (χ2n) is 4.25. The molecule has 0 unspecified atom stereocenters. The Labute approximate surface area is 120 Å². The fraction of sp³-hybridized carbons (Fsp3) is 0.0769. The lowest BCUT2D eigenvalue weighted by Gasteiger charge is -2.08. The molecule has 2 aromatic rings. The van der Waals surface area contributed by atoms with Crippen LogP contribution in [0.2, 0.25) is 0 Å². The van der Waals surface area contributed by atoms with Gasteiger partial charge in [-0.25, -0.2) is 8.42 Å². The topological polar surface area (TPSA) is 107 Å². The van der Waals surface area contributed by atoms with Crippen LogP contribution >= 0.6 is 0 Å². The average molecular weight is 309 g/mol. The minimum atomic E-state index is -3.59. The maximum atomic E-state index is 11.5. The van der Waals surface area contributed by atoms with Crippen molar-refractivity contribution in [1.29, 1.82) is 0 Å². The third-order valence-electron chi connectivity index (χ3n) is 2.61. The van der Waals surface area contributed by atoms with Crippen molar-refractivity contribution in [3.63, 3.8) is 0 Å². The van der Waals surface area contributed by atoms with Crippen molar-refractivity contribution < 1.29 is 23.2 Å². The molecule has 0 heterocycles. The maximum Gasteiger partial charge on any atom is 0.269 e. The van der Waals surface area contributed by atoms with Crippen molar-refractivity contribution in [1.82, 2.24) is 0 Å². The molecule has 0 atom stereocenters. The number of nitro benzene ring substituents is 1. The smallest absolute Gasteiger partial charge is 0.269 e. The van der Waals surface area contributed by atoms with Crippen LogP contribution in [0.4, 0.5) is 5.69 Å². The molecule has 8 heteroatoms. The molecule has 0 fully saturated rings. The lowest BCUT2D eigenvalue weighted by Crippen LogP contribution is -1.98. The van der Waals surface area contributed by atoms with Gasteiger partial charge in [-0.15, -0.1) is 0 Å². The Balaban J connectivity index is 2.30. The molecule has 0 aliphatic heterocycles. The predicted octanol–water partition coefficient (Wildman–Crippen LogP) is 2.50. The maximum absolute atomic E-state index is 11.5. The van der Waals surface area contributed by atoms with Crippen molar-refractivity contribution in [3.8, 4) is 17.2 Å². The van der Waals surface area contributed by atoms with Crippen LogP contribution in [0.1, 0.15) is 0 Å². The first-order valence-corrected chi connectivity index (χ1v) is 7.62. The summed E-state index contributed by atoms with van der Waals surface area (Å²) in [6.45, 7) is 0. The number of rotatable bonds is 4. The minimum absolute atomic E-state index is 0.0788. The van der Waals surface area contributed by atoms with Gasteiger partial charge in [0.15, 0.2) is 9.84 Å². The summed E-state index contributed by atoms with van der Waals surface area (Å²) in [7, 11) is -3.59. The SMILES string of the molecule is CS(=O)(=O)c1cc(Oc2ccc([N+](=O)[O-])cc2)ccc1O. The number of sulfone groups is 1. The minimum Gasteiger partial charge on any atom is -0.507 e. The second-order valence-corrected chi connectivity index (χ2v) is 6.24. The lowest BCUT2D eigenvalue weighted by atomic mass is 10.3. The number of aromatic hydroxyl groups is 1. The van der Waals surface area contributed by atoms with E-state index >= 15 is 0 Å². The van der Waals surface area contributed by atoms with Crippen molar-refractivity contribution in [2.24, 2.45) is 0 Å². The van der Waals surface area contributed by atoms with Crippen LogP contribution in [0.5, 0.6) is 17.2 Å². The molecule has 0 spiro atoms. The van der Waals surface area contributed by atoms with Crippen molar-refractivity contribution >= 4 is 15.5 Å². The molecule has 0 aromatic heterocycles. The van der Waals surface area contributed by atoms with Gasteiger partial charge in [0.2, 0.25) is 0 Å². The Morgan fingerprint density at radius 3 is 2.19 bits per heavy atom. The Bertz CT molecular complexity index is 783. The third-order valence-corrected chi connectivity index (χ3v) is 3.74. The van der Waals surface area contributed by atoms with Gasteiger partial charge >= 0.3 is 0 Å². The average Bonchev–Trinajstić information content (AvgIpc) is 2.40. The zero-order valence-electron chi connectivity index (χ0n) is 10.9. The molecule has 2 aromatic carbocycles. The van der Waals surface area contributed by atoms with E-state index in [1.165, 1.54) is 42.5 Å². The highest BCUT2D eigenvalue weighted by Crippen LogP contribution is 2.30. The molecule has 0 bridgehead atoms. The number of hydrogen-bond donors (Lipinski definition) is 1. The van der Waals surface area contributed by atoms with Crippen LogP contribution in [-0.4, -0.2) is 24.7 Å². The largest absolute Gasteiger partial charge is 0.507 e. The first-order chi connectivity index (χ1) is 9.77. The molecule has 110 valence electrons. The predicted molar refractivity (Wildman–Crippen MR) is 74.4 cm³/mol. The van der Waals surface area contributed by atoms with E-state index in [9.17, 15) is 23.6 Å². The number of benzene rings is 2. The summed E-state index contributed by atoms with van der Waals surface area (Å²) in [6.07, 6.45) is 0.970. The van der Waals surface area contributed by atoms with Crippen molar-refractivity contribution in [3.05, 3.63) is 52.6 Å². The van der Waals surface area contributed by atoms with Gasteiger partial charge < -0.3 is 9.84 Å². The molecule has 2 rings (SSSR count). The van der Waals surface area contributed by atoms with Gasteiger partial charge in [0.1, 0.15) is 22.1 Å². The van der Waals surface area contributed by atoms with Crippen LogP contribution in [-0.2, 0) is 9.84 Å². The monoisotopic (exact) mass is 309 g/mol. The van der Waals surface area contributed by atoms with Crippen LogP contribution in [0, 0.1) is 10.1 Å². The van der Waals surface area contributed by atoms with Crippen LogP contribution in [0.15, 0.2) is 47.4 Å². The summed E-state index contributed by atoms with van der Waals surface area (Å²) in [4.78, 5) is 9.75. The molecule has 0 radical (unpaired) electrons. The fourth-order valence-electron chi connectivity index (χ4n) is 1.63. The van der Waals surface area contributed by atoms with E-state index in [1.807, 2.05) is 0 Å². The highest BCUT2D eigenvalue weighted by molar-refractivity contribution is 7.90. The molecule has 0 saturated carbocycles. The summed E-state index contributed by atoms with van der Waals surface area (Å²) in [5.41, 5.74) is -0.0788. The van der Waals surface area contributed by atoms with Gasteiger partial charge in [0, 0.05) is 24.5 Å². The quantitative estimate of drug-likeness (QED) is 0.687. The summed E-state index contributed by atoms with van der Waals surface area (Å²) >= 11 is 0. The highest BCUT2D eigenvalue weighted by Gasteiger charge is 2.14.